The molecule has 0 aliphatic heterocycles. The summed E-state index contributed by atoms with van der Waals surface area (Å²) in [6.07, 6.45) is 1.47. The van der Waals surface area contributed by atoms with Crippen molar-refractivity contribution in [3.05, 3.63) is 29.8 Å². The van der Waals surface area contributed by atoms with Crippen LogP contribution in [0.15, 0.2) is 29.4 Å². The highest BCUT2D eigenvalue weighted by molar-refractivity contribution is 5.86. The third kappa shape index (κ3) is 4.06. The van der Waals surface area contributed by atoms with E-state index in [1.54, 1.807) is 31.3 Å². The van der Waals surface area contributed by atoms with Crippen molar-refractivity contribution in [3.63, 3.8) is 0 Å². The summed E-state index contributed by atoms with van der Waals surface area (Å²) in [5.74, 6) is -0.155. The molecule has 0 heterocycles. The lowest BCUT2D eigenvalue weighted by atomic mass is 10.2. The molecule has 0 spiro atoms. The van der Waals surface area contributed by atoms with Gasteiger partial charge in [0.15, 0.2) is 0 Å². The molecule has 0 aliphatic rings. The molecule has 17 heavy (non-hydrogen) atoms. The number of benzene rings is 1. The molecule has 5 heteroatoms. The van der Waals surface area contributed by atoms with Crippen LogP contribution in [0.2, 0.25) is 0 Å². The molecule has 1 aromatic rings. The fourth-order valence-electron chi connectivity index (χ4n) is 1.07. The summed E-state index contributed by atoms with van der Waals surface area (Å²) < 4.78 is 5.00. The lowest BCUT2D eigenvalue weighted by Gasteiger charge is -2.08. The SMILES string of the molecule is CC(=O)Oc1ccccc1/C=N/N(C)C(C)=O. The van der Waals surface area contributed by atoms with Crippen LogP contribution in [0, 0.1) is 0 Å². The van der Waals surface area contributed by atoms with E-state index in [0.717, 1.165) is 0 Å². The number of carbonyl (C=O) groups is 2. The predicted molar refractivity (Wildman–Crippen MR) is 63.8 cm³/mol. The van der Waals surface area contributed by atoms with Gasteiger partial charge in [-0.25, -0.2) is 5.01 Å². The van der Waals surface area contributed by atoms with Crippen LogP contribution in [0.1, 0.15) is 19.4 Å². The average molecular weight is 234 g/mol. The van der Waals surface area contributed by atoms with Crippen LogP contribution >= 0.6 is 0 Å². The Labute approximate surface area is 99.7 Å². The Bertz CT molecular complexity index is 455. The number of rotatable bonds is 3. The zero-order valence-corrected chi connectivity index (χ0v) is 10.0. The Morgan fingerprint density at radius 3 is 2.53 bits per heavy atom. The molecule has 0 saturated heterocycles. The van der Waals surface area contributed by atoms with Crippen molar-refractivity contribution in [2.24, 2.45) is 5.10 Å². The second-order valence-electron chi connectivity index (χ2n) is 3.42. The largest absolute Gasteiger partial charge is 0.426 e. The highest BCUT2D eigenvalue weighted by Crippen LogP contribution is 2.16. The zero-order chi connectivity index (χ0) is 12.8. The first-order valence-corrected chi connectivity index (χ1v) is 5.06. The van der Waals surface area contributed by atoms with Gasteiger partial charge in [0.1, 0.15) is 5.75 Å². The van der Waals surface area contributed by atoms with E-state index in [2.05, 4.69) is 5.10 Å². The maximum Gasteiger partial charge on any atom is 0.308 e. The number of amides is 1. The molecule has 5 nitrogen and oxygen atoms in total. The molecule has 1 aromatic carbocycles. The summed E-state index contributed by atoms with van der Waals surface area (Å²) in [4.78, 5) is 21.8. The minimum Gasteiger partial charge on any atom is -0.426 e. The lowest BCUT2D eigenvalue weighted by molar-refractivity contribution is -0.132. The van der Waals surface area contributed by atoms with Gasteiger partial charge in [-0.1, -0.05) is 12.1 Å². The molecular formula is C12H14N2O3. The standard InChI is InChI=1S/C12H14N2O3/c1-9(15)14(3)13-8-11-6-4-5-7-12(11)17-10(2)16/h4-8H,1-3H3/b13-8+. The Hall–Kier alpha value is -2.17. The van der Waals surface area contributed by atoms with Crippen LogP contribution in [0.25, 0.3) is 0 Å². The molecule has 0 saturated carbocycles. The van der Waals surface area contributed by atoms with Crippen molar-refractivity contribution in [3.8, 4) is 5.75 Å². The molecule has 0 bridgehead atoms. The van der Waals surface area contributed by atoms with Crippen LogP contribution in [0.3, 0.4) is 0 Å². The van der Waals surface area contributed by atoms with Gasteiger partial charge >= 0.3 is 5.97 Å². The molecule has 1 rings (SSSR count). The molecule has 0 aromatic heterocycles. The van der Waals surface area contributed by atoms with Gasteiger partial charge in [0.05, 0.1) is 6.21 Å². The summed E-state index contributed by atoms with van der Waals surface area (Å²) in [5, 5.41) is 5.13. The van der Waals surface area contributed by atoms with E-state index in [-0.39, 0.29) is 5.91 Å². The lowest BCUT2D eigenvalue weighted by Crippen LogP contribution is -2.17. The van der Waals surface area contributed by atoms with Gasteiger partial charge < -0.3 is 4.74 Å². The predicted octanol–water partition coefficient (Wildman–Crippen LogP) is 1.42. The van der Waals surface area contributed by atoms with Crippen molar-refractivity contribution in [1.29, 1.82) is 0 Å². The number of nitrogens with zero attached hydrogens (tertiary/aromatic N) is 2. The monoisotopic (exact) mass is 234 g/mol. The summed E-state index contributed by atoms with van der Waals surface area (Å²) in [6.45, 7) is 2.74. The molecular weight excluding hydrogens is 220 g/mol. The third-order valence-electron chi connectivity index (χ3n) is 2.00. The number of carbonyl (C=O) groups excluding carboxylic acids is 2. The molecule has 0 unspecified atom stereocenters. The van der Waals surface area contributed by atoms with Crippen LogP contribution in [0.4, 0.5) is 0 Å². The second kappa shape index (κ2) is 5.79. The molecule has 1 amide bonds. The number of hydrazone groups is 1. The number of para-hydroxylation sites is 1. The summed E-state index contributed by atoms with van der Waals surface area (Å²) in [5.41, 5.74) is 0.635. The van der Waals surface area contributed by atoms with Gasteiger partial charge in [0.25, 0.3) is 0 Å². The highest BCUT2D eigenvalue weighted by atomic mass is 16.5. The number of hydrogen-bond acceptors (Lipinski definition) is 4. The number of esters is 1. The Kier molecular flexibility index (Phi) is 4.39. The fraction of sp³-hybridized carbons (Fsp3) is 0.250. The van der Waals surface area contributed by atoms with Gasteiger partial charge in [-0.2, -0.15) is 5.10 Å². The Morgan fingerprint density at radius 1 is 1.29 bits per heavy atom. The first-order chi connectivity index (χ1) is 8.00. The maximum atomic E-state index is 11.0. The smallest absolute Gasteiger partial charge is 0.308 e. The molecule has 0 aliphatic carbocycles. The zero-order valence-electron chi connectivity index (χ0n) is 10.0. The van der Waals surface area contributed by atoms with Crippen LogP contribution in [0.5, 0.6) is 5.75 Å². The summed E-state index contributed by atoms with van der Waals surface area (Å²) in [6, 6.07) is 6.96. The van der Waals surface area contributed by atoms with Crippen molar-refractivity contribution >= 4 is 18.1 Å². The molecule has 0 radical (unpaired) electrons. The van der Waals surface area contributed by atoms with Gasteiger partial charge in [0.2, 0.25) is 5.91 Å². The molecule has 90 valence electrons. The van der Waals surface area contributed by atoms with E-state index in [9.17, 15) is 9.59 Å². The van der Waals surface area contributed by atoms with Crippen molar-refractivity contribution in [1.82, 2.24) is 5.01 Å². The normalized spacial score (nSPS) is 10.3. The average Bonchev–Trinajstić information content (AvgIpc) is 2.26. The Balaban J connectivity index is 2.90. The van der Waals surface area contributed by atoms with E-state index < -0.39 is 5.97 Å². The van der Waals surface area contributed by atoms with Crippen molar-refractivity contribution in [2.45, 2.75) is 13.8 Å². The minimum atomic E-state index is -0.397. The second-order valence-corrected chi connectivity index (χ2v) is 3.42. The quantitative estimate of drug-likeness (QED) is 0.344. The van der Waals surface area contributed by atoms with E-state index in [4.69, 9.17) is 4.74 Å². The van der Waals surface area contributed by atoms with Gasteiger partial charge in [-0.3, -0.25) is 9.59 Å². The van der Waals surface area contributed by atoms with Gasteiger partial charge in [0, 0.05) is 26.5 Å². The first kappa shape index (κ1) is 12.9. The van der Waals surface area contributed by atoms with Crippen LogP contribution in [-0.2, 0) is 9.59 Å². The van der Waals surface area contributed by atoms with E-state index in [1.165, 1.54) is 25.1 Å². The van der Waals surface area contributed by atoms with Gasteiger partial charge in [-0.15, -0.1) is 0 Å². The molecule has 0 fully saturated rings. The van der Waals surface area contributed by atoms with E-state index in [0.29, 0.717) is 11.3 Å². The maximum absolute atomic E-state index is 11.0. The fourth-order valence-corrected chi connectivity index (χ4v) is 1.07. The molecule has 0 N–H and O–H groups in total. The number of hydrogen-bond donors (Lipinski definition) is 0. The topological polar surface area (TPSA) is 59.0 Å². The van der Waals surface area contributed by atoms with Gasteiger partial charge in [-0.05, 0) is 12.1 Å². The van der Waals surface area contributed by atoms with Crippen molar-refractivity contribution in [2.75, 3.05) is 7.05 Å². The number of ether oxygens (including phenoxy) is 1. The van der Waals surface area contributed by atoms with E-state index >= 15 is 0 Å². The first-order valence-electron chi connectivity index (χ1n) is 5.06. The Morgan fingerprint density at radius 2 is 1.94 bits per heavy atom. The van der Waals surface area contributed by atoms with Crippen LogP contribution < -0.4 is 4.74 Å². The van der Waals surface area contributed by atoms with Crippen LogP contribution in [-0.4, -0.2) is 30.1 Å². The third-order valence-corrected chi connectivity index (χ3v) is 2.00. The minimum absolute atomic E-state index is 0.175. The summed E-state index contributed by atoms with van der Waals surface area (Å²) >= 11 is 0. The highest BCUT2D eigenvalue weighted by Gasteiger charge is 2.04. The molecule has 0 atom stereocenters. The van der Waals surface area contributed by atoms with E-state index in [1.807, 2.05) is 0 Å². The summed E-state index contributed by atoms with van der Waals surface area (Å²) in [7, 11) is 1.55. The van der Waals surface area contributed by atoms with Crippen molar-refractivity contribution < 1.29 is 14.3 Å².